The molecule has 0 saturated carbocycles. The molecule has 0 aliphatic heterocycles. The van der Waals surface area contributed by atoms with Crippen molar-refractivity contribution in [3.05, 3.63) is 83.7 Å². The SMILES string of the molecule is COc1ccc(C(F)(F)F)cc1C(=O)NNC(=O)c1cccc(Oc2ccncc2)c1. The maximum Gasteiger partial charge on any atom is 0.416 e. The minimum Gasteiger partial charge on any atom is -0.496 e. The summed E-state index contributed by atoms with van der Waals surface area (Å²) in [5, 5.41) is 0. The Morgan fingerprint density at radius 2 is 1.61 bits per heavy atom. The molecule has 0 saturated heterocycles. The highest BCUT2D eigenvalue weighted by Gasteiger charge is 2.32. The van der Waals surface area contributed by atoms with Gasteiger partial charge < -0.3 is 9.47 Å². The first-order valence-corrected chi connectivity index (χ1v) is 8.82. The summed E-state index contributed by atoms with van der Waals surface area (Å²) in [5.41, 5.74) is 2.99. The van der Waals surface area contributed by atoms with Gasteiger partial charge >= 0.3 is 6.18 Å². The Hall–Kier alpha value is -4.08. The topological polar surface area (TPSA) is 89.6 Å². The van der Waals surface area contributed by atoms with E-state index in [-0.39, 0.29) is 16.9 Å². The monoisotopic (exact) mass is 431 g/mol. The van der Waals surface area contributed by atoms with Gasteiger partial charge in [-0.3, -0.25) is 25.4 Å². The number of rotatable bonds is 5. The molecule has 0 atom stereocenters. The molecular weight excluding hydrogens is 415 g/mol. The lowest BCUT2D eigenvalue weighted by Gasteiger charge is -2.13. The largest absolute Gasteiger partial charge is 0.496 e. The average Bonchev–Trinajstić information content (AvgIpc) is 2.77. The Labute approximate surface area is 174 Å². The number of nitrogens with one attached hydrogen (secondary N) is 2. The standard InChI is InChI=1S/C21H16F3N3O4/c1-30-18-6-5-14(21(22,23)24)12-17(18)20(29)27-26-19(28)13-3-2-4-16(11-13)31-15-7-9-25-10-8-15/h2-12H,1H3,(H,26,28)(H,27,29). The highest BCUT2D eigenvalue weighted by atomic mass is 19.4. The number of alkyl halides is 3. The van der Waals surface area contributed by atoms with E-state index in [2.05, 4.69) is 15.8 Å². The highest BCUT2D eigenvalue weighted by molar-refractivity contribution is 6.00. The first-order valence-electron chi connectivity index (χ1n) is 8.82. The van der Waals surface area contributed by atoms with Crippen molar-refractivity contribution in [2.45, 2.75) is 6.18 Å². The summed E-state index contributed by atoms with van der Waals surface area (Å²) in [4.78, 5) is 28.6. The van der Waals surface area contributed by atoms with Crippen molar-refractivity contribution in [3.63, 3.8) is 0 Å². The van der Waals surface area contributed by atoms with Gasteiger partial charge in [-0.15, -0.1) is 0 Å². The predicted octanol–water partition coefficient (Wildman–Crippen LogP) is 3.98. The number of halogens is 3. The molecule has 3 aromatic rings. The van der Waals surface area contributed by atoms with Crippen LogP contribution in [0.2, 0.25) is 0 Å². The fourth-order valence-corrected chi connectivity index (χ4v) is 2.56. The lowest BCUT2D eigenvalue weighted by atomic mass is 10.1. The molecule has 10 heteroatoms. The van der Waals surface area contributed by atoms with Crippen LogP contribution in [0.15, 0.2) is 67.0 Å². The molecule has 160 valence electrons. The van der Waals surface area contributed by atoms with Crippen molar-refractivity contribution in [1.29, 1.82) is 0 Å². The van der Waals surface area contributed by atoms with Crippen molar-refractivity contribution < 1.29 is 32.2 Å². The van der Waals surface area contributed by atoms with Crippen LogP contribution < -0.4 is 20.3 Å². The quantitative estimate of drug-likeness (QED) is 0.597. The molecule has 0 unspecified atom stereocenters. The zero-order valence-corrected chi connectivity index (χ0v) is 16.1. The fourth-order valence-electron chi connectivity index (χ4n) is 2.56. The van der Waals surface area contributed by atoms with Crippen molar-refractivity contribution >= 4 is 11.8 Å². The normalized spacial score (nSPS) is 10.8. The molecule has 0 aliphatic rings. The summed E-state index contributed by atoms with van der Waals surface area (Å²) in [7, 11) is 1.21. The van der Waals surface area contributed by atoms with E-state index in [1.165, 1.54) is 19.2 Å². The summed E-state index contributed by atoms with van der Waals surface area (Å²) in [6.07, 6.45) is -1.55. The number of benzene rings is 2. The van der Waals surface area contributed by atoms with Gasteiger partial charge in [0.2, 0.25) is 0 Å². The molecule has 7 nitrogen and oxygen atoms in total. The fraction of sp³-hybridized carbons (Fsp3) is 0.0952. The molecule has 1 heterocycles. The van der Waals surface area contributed by atoms with E-state index in [9.17, 15) is 22.8 Å². The van der Waals surface area contributed by atoms with Gasteiger partial charge in [0.15, 0.2) is 0 Å². The maximum absolute atomic E-state index is 12.9. The number of carbonyl (C=O) groups excluding carboxylic acids is 2. The van der Waals surface area contributed by atoms with Crippen molar-refractivity contribution in [1.82, 2.24) is 15.8 Å². The molecule has 2 aromatic carbocycles. The van der Waals surface area contributed by atoms with Crippen LogP contribution >= 0.6 is 0 Å². The van der Waals surface area contributed by atoms with Gasteiger partial charge in [-0.2, -0.15) is 13.2 Å². The van der Waals surface area contributed by atoms with E-state index < -0.39 is 23.6 Å². The number of methoxy groups -OCH3 is 1. The van der Waals surface area contributed by atoms with E-state index in [1.807, 2.05) is 0 Å². The van der Waals surface area contributed by atoms with E-state index >= 15 is 0 Å². The molecule has 0 bridgehead atoms. The Bertz CT molecular complexity index is 1090. The van der Waals surface area contributed by atoms with E-state index in [4.69, 9.17) is 9.47 Å². The van der Waals surface area contributed by atoms with Gasteiger partial charge in [0, 0.05) is 18.0 Å². The third-order valence-corrected chi connectivity index (χ3v) is 4.04. The molecule has 0 radical (unpaired) electrons. The number of hydrogen-bond acceptors (Lipinski definition) is 5. The van der Waals surface area contributed by atoms with E-state index in [0.29, 0.717) is 17.6 Å². The second-order valence-electron chi connectivity index (χ2n) is 6.13. The number of pyridine rings is 1. The minimum absolute atomic E-state index is 0.0764. The third-order valence-electron chi connectivity index (χ3n) is 4.04. The second kappa shape index (κ2) is 9.16. The van der Waals surface area contributed by atoms with Crippen LogP contribution in [0.5, 0.6) is 17.2 Å². The van der Waals surface area contributed by atoms with Crippen LogP contribution in [0.3, 0.4) is 0 Å². The number of hydrogen-bond donors (Lipinski definition) is 2. The number of amides is 2. The Morgan fingerprint density at radius 3 is 2.29 bits per heavy atom. The smallest absolute Gasteiger partial charge is 0.416 e. The molecule has 0 fully saturated rings. The zero-order chi connectivity index (χ0) is 22.4. The van der Waals surface area contributed by atoms with Crippen molar-refractivity contribution in [2.24, 2.45) is 0 Å². The Kier molecular flexibility index (Phi) is 6.39. The van der Waals surface area contributed by atoms with E-state index in [1.54, 1.807) is 36.7 Å². The van der Waals surface area contributed by atoms with Gasteiger partial charge in [-0.25, -0.2) is 0 Å². The summed E-state index contributed by atoms with van der Waals surface area (Å²) in [6, 6.07) is 11.8. The maximum atomic E-state index is 12.9. The predicted molar refractivity (Wildman–Crippen MR) is 104 cm³/mol. The van der Waals surface area contributed by atoms with Gasteiger partial charge in [-0.1, -0.05) is 6.07 Å². The first-order chi connectivity index (χ1) is 14.8. The number of aromatic nitrogens is 1. The van der Waals surface area contributed by atoms with Gasteiger partial charge in [0.1, 0.15) is 17.2 Å². The molecular formula is C21H16F3N3O4. The van der Waals surface area contributed by atoms with Gasteiger partial charge in [0.25, 0.3) is 11.8 Å². The van der Waals surface area contributed by atoms with Crippen LogP contribution in [0.1, 0.15) is 26.3 Å². The lowest BCUT2D eigenvalue weighted by molar-refractivity contribution is -0.137. The summed E-state index contributed by atoms with van der Waals surface area (Å²) >= 11 is 0. The number of carbonyl (C=O) groups is 2. The van der Waals surface area contributed by atoms with E-state index in [0.717, 1.165) is 12.1 Å². The lowest BCUT2D eigenvalue weighted by Crippen LogP contribution is -2.41. The summed E-state index contributed by atoms with van der Waals surface area (Å²) in [5.74, 6) is -0.866. The Balaban J connectivity index is 1.70. The second-order valence-corrected chi connectivity index (χ2v) is 6.13. The zero-order valence-electron chi connectivity index (χ0n) is 16.1. The number of ether oxygens (including phenoxy) is 2. The van der Waals surface area contributed by atoms with Crippen molar-refractivity contribution in [2.75, 3.05) is 7.11 Å². The molecule has 3 rings (SSSR count). The Morgan fingerprint density at radius 1 is 0.903 bits per heavy atom. The molecule has 0 spiro atoms. The third kappa shape index (κ3) is 5.50. The number of hydrazine groups is 1. The molecule has 1 aromatic heterocycles. The minimum atomic E-state index is -4.64. The summed E-state index contributed by atoms with van der Waals surface area (Å²) in [6.45, 7) is 0. The summed E-state index contributed by atoms with van der Waals surface area (Å²) < 4.78 is 49.4. The van der Waals surface area contributed by atoms with Crippen LogP contribution in [0.4, 0.5) is 13.2 Å². The molecule has 31 heavy (non-hydrogen) atoms. The van der Waals surface area contributed by atoms with Gasteiger partial charge in [-0.05, 0) is 48.5 Å². The molecule has 2 N–H and O–H groups in total. The van der Waals surface area contributed by atoms with Crippen LogP contribution in [-0.2, 0) is 6.18 Å². The highest BCUT2D eigenvalue weighted by Crippen LogP contribution is 2.32. The number of nitrogens with zero attached hydrogens (tertiary/aromatic N) is 1. The van der Waals surface area contributed by atoms with Crippen LogP contribution in [0.25, 0.3) is 0 Å². The van der Waals surface area contributed by atoms with Gasteiger partial charge in [0.05, 0.1) is 18.2 Å². The molecule has 2 amide bonds. The van der Waals surface area contributed by atoms with Crippen molar-refractivity contribution in [3.8, 4) is 17.2 Å². The molecule has 0 aliphatic carbocycles. The van der Waals surface area contributed by atoms with Crippen LogP contribution in [0, 0.1) is 0 Å². The first kappa shape index (κ1) is 21.6. The average molecular weight is 431 g/mol. The van der Waals surface area contributed by atoms with Crippen LogP contribution in [-0.4, -0.2) is 23.9 Å².